The topological polar surface area (TPSA) is 54.7 Å². The highest BCUT2D eigenvalue weighted by Crippen LogP contribution is 2.24. The monoisotopic (exact) mass is 399 g/mol. The lowest BCUT2D eigenvalue weighted by Gasteiger charge is -2.12. The summed E-state index contributed by atoms with van der Waals surface area (Å²) in [6.07, 6.45) is 0.654. The van der Waals surface area contributed by atoms with Gasteiger partial charge in [0.15, 0.2) is 0 Å². The Morgan fingerprint density at radius 1 is 1.04 bits per heavy atom. The molecule has 3 aromatic rings. The Kier molecular flexibility index (Phi) is 4.94. The lowest BCUT2D eigenvalue weighted by molar-refractivity contribution is 0.749. The molecule has 0 aliphatic rings. The summed E-state index contributed by atoms with van der Waals surface area (Å²) < 4.78 is 3.01. The second kappa shape index (κ2) is 7.12. The Labute approximate surface area is 154 Å². The van der Waals surface area contributed by atoms with Crippen LogP contribution in [0.1, 0.15) is 22.5 Å². The van der Waals surface area contributed by atoms with Crippen LogP contribution in [0.2, 0.25) is 5.02 Å². The van der Waals surface area contributed by atoms with Crippen LogP contribution in [0.4, 0.5) is 5.69 Å². The number of hydrogen-bond donors (Lipinski definition) is 1. The van der Waals surface area contributed by atoms with E-state index in [0.29, 0.717) is 29.4 Å². The standard InChI is InChI=1S/C19H15BrClN3/c20-15-5-1-14(2-6-15)12-24-17(11-22)10-18(23)19(24)9-13-3-7-16(21)8-4-13/h1-8,10H,9,12,23H2. The highest BCUT2D eigenvalue weighted by atomic mass is 79.9. The zero-order chi connectivity index (χ0) is 17.1. The molecule has 0 atom stereocenters. The summed E-state index contributed by atoms with van der Waals surface area (Å²) in [6.45, 7) is 0.607. The molecule has 0 spiro atoms. The minimum atomic E-state index is 0.569. The number of hydrogen-bond acceptors (Lipinski definition) is 2. The second-order valence-electron chi connectivity index (χ2n) is 5.56. The molecule has 120 valence electrons. The van der Waals surface area contributed by atoms with Crippen LogP contribution in [0.5, 0.6) is 0 Å². The van der Waals surface area contributed by atoms with Crippen molar-refractivity contribution >= 4 is 33.2 Å². The van der Waals surface area contributed by atoms with Gasteiger partial charge < -0.3 is 10.3 Å². The Hall–Kier alpha value is -2.22. The highest BCUT2D eigenvalue weighted by molar-refractivity contribution is 9.10. The number of nitrogen functional groups attached to an aromatic ring is 1. The third-order valence-corrected chi connectivity index (χ3v) is 4.68. The molecule has 0 saturated carbocycles. The molecule has 3 nitrogen and oxygen atoms in total. The van der Waals surface area contributed by atoms with Crippen molar-refractivity contribution in [3.63, 3.8) is 0 Å². The lowest BCUT2D eigenvalue weighted by Crippen LogP contribution is -2.08. The average Bonchev–Trinajstić information content (AvgIpc) is 2.87. The summed E-state index contributed by atoms with van der Waals surface area (Å²) >= 11 is 9.38. The van der Waals surface area contributed by atoms with E-state index >= 15 is 0 Å². The van der Waals surface area contributed by atoms with Crippen molar-refractivity contribution in [3.05, 3.63) is 86.6 Å². The average molecular weight is 401 g/mol. The second-order valence-corrected chi connectivity index (χ2v) is 6.91. The molecule has 0 unspecified atom stereocenters. The Bertz CT molecular complexity index is 890. The van der Waals surface area contributed by atoms with Gasteiger partial charge in [0.2, 0.25) is 0 Å². The van der Waals surface area contributed by atoms with Crippen molar-refractivity contribution in [1.82, 2.24) is 4.57 Å². The molecule has 5 heteroatoms. The molecule has 0 fully saturated rings. The first-order valence-electron chi connectivity index (χ1n) is 7.43. The van der Waals surface area contributed by atoms with Gasteiger partial charge in [0.05, 0.1) is 5.69 Å². The number of nitrogens with zero attached hydrogens (tertiary/aromatic N) is 2. The quantitative estimate of drug-likeness (QED) is 0.670. The molecular weight excluding hydrogens is 386 g/mol. The van der Waals surface area contributed by atoms with Gasteiger partial charge in [0.1, 0.15) is 11.8 Å². The van der Waals surface area contributed by atoms with E-state index in [1.165, 1.54) is 0 Å². The molecule has 0 bridgehead atoms. The van der Waals surface area contributed by atoms with Crippen molar-refractivity contribution in [2.24, 2.45) is 0 Å². The number of anilines is 1. The lowest BCUT2D eigenvalue weighted by atomic mass is 10.1. The predicted molar refractivity (Wildman–Crippen MR) is 101 cm³/mol. The van der Waals surface area contributed by atoms with Crippen LogP contribution < -0.4 is 5.73 Å². The van der Waals surface area contributed by atoms with Crippen LogP contribution in [0.25, 0.3) is 0 Å². The van der Waals surface area contributed by atoms with Gasteiger partial charge in [0, 0.05) is 28.2 Å². The van der Waals surface area contributed by atoms with E-state index < -0.39 is 0 Å². The van der Waals surface area contributed by atoms with E-state index in [2.05, 4.69) is 22.0 Å². The molecule has 2 N–H and O–H groups in total. The summed E-state index contributed by atoms with van der Waals surface area (Å²) in [7, 11) is 0. The fourth-order valence-corrected chi connectivity index (χ4v) is 3.04. The molecule has 2 aromatic carbocycles. The van der Waals surface area contributed by atoms with E-state index in [1.807, 2.05) is 53.1 Å². The third kappa shape index (κ3) is 3.64. The molecule has 0 aliphatic heterocycles. The van der Waals surface area contributed by atoms with Gasteiger partial charge in [-0.15, -0.1) is 0 Å². The fourth-order valence-electron chi connectivity index (χ4n) is 2.65. The van der Waals surface area contributed by atoms with Crippen molar-refractivity contribution in [1.29, 1.82) is 5.26 Å². The minimum absolute atomic E-state index is 0.569. The van der Waals surface area contributed by atoms with Gasteiger partial charge in [-0.1, -0.05) is 51.8 Å². The van der Waals surface area contributed by atoms with Crippen molar-refractivity contribution < 1.29 is 0 Å². The highest BCUT2D eigenvalue weighted by Gasteiger charge is 2.14. The first kappa shape index (κ1) is 16.6. The number of benzene rings is 2. The maximum Gasteiger partial charge on any atom is 0.122 e. The van der Waals surface area contributed by atoms with E-state index in [9.17, 15) is 5.26 Å². The van der Waals surface area contributed by atoms with Crippen LogP contribution in [0, 0.1) is 11.3 Å². The van der Waals surface area contributed by atoms with E-state index in [4.69, 9.17) is 17.3 Å². The number of halogens is 2. The first-order valence-corrected chi connectivity index (χ1v) is 8.61. The number of aromatic nitrogens is 1. The molecule has 1 aromatic heterocycles. The molecule has 0 aliphatic carbocycles. The number of nitrogens with two attached hydrogens (primary N) is 1. The third-order valence-electron chi connectivity index (χ3n) is 3.90. The summed E-state index contributed by atoms with van der Waals surface area (Å²) in [5.41, 5.74) is 10.5. The van der Waals surface area contributed by atoms with E-state index in [1.54, 1.807) is 6.07 Å². The zero-order valence-electron chi connectivity index (χ0n) is 12.8. The van der Waals surface area contributed by atoms with Crippen LogP contribution in [-0.4, -0.2) is 4.57 Å². The largest absolute Gasteiger partial charge is 0.397 e. The van der Waals surface area contributed by atoms with Crippen molar-refractivity contribution in [3.8, 4) is 6.07 Å². The SMILES string of the molecule is N#Cc1cc(N)c(Cc2ccc(Cl)cc2)n1Cc1ccc(Br)cc1. The Morgan fingerprint density at radius 3 is 2.29 bits per heavy atom. The van der Waals surface area contributed by atoms with Crippen molar-refractivity contribution in [2.75, 3.05) is 5.73 Å². The normalized spacial score (nSPS) is 10.5. The maximum atomic E-state index is 9.43. The molecular formula is C19H15BrClN3. The van der Waals surface area contributed by atoms with Crippen LogP contribution in [0.15, 0.2) is 59.1 Å². The van der Waals surface area contributed by atoms with Crippen LogP contribution in [0.3, 0.4) is 0 Å². The molecule has 3 rings (SSSR count). The summed E-state index contributed by atoms with van der Waals surface area (Å²) in [4.78, 5) is 0. The maximum absolute atomic E-state index is 9.43. The number of nitriles is 1. The predicted octanol–water partition coefficient (Wildman–Crippen LogP) is 5.00. The molecule has 0 radical (unpaired) electrons. The Balaban J connectivity index is 1.96. The van der Waals surface area contributed by atoms with Crippen LogP contribution in [-0.2, 0) is 13.0 Å². The molecule has 0 saturated heterocycles. The first-order chi connectivity index (χ1) is 11.6. The Morgan fingerprint density at radius 2 is 1.67 bits per heavy atom. The van der Waals surface area contributed by atoms with Crippen molar-refractivity contribution in [2.45, 2.75) is 13.0 Å². The van der Waals surface area contributed by atoms with Gasteiger partial charge in [-0.05, 0) is 41.5 Å². The van der Waals surface area contributed by atoms with Gasteiger partial charge >= 0.3 is 0 Å². The zero-order valence-corrected chi connectivity index (χ0v) is 15.2. The van der Waals surface area contributed by atoms with E-state index in [-0.39, 0.29) is 0 Å². The smallest absolute Gasteiger partial charge is 0.122 e. The van der Waals surface area contributed by atoms with E-state index in [0.717, 1.165) is 21.3 Å². The van der Waals surface area contributed by atoms with Crippen LogP contribution >= 0.6 is 27.5 Å². The fraction of sp³-hybridized carbons (Fsp3) is 0.105. The van der Waals surface area contributed by atoms with Gasteiger partial charge in [0.25, 0.3) is 0 Å². The summed E-state index contributed by atoms with van der Waals surface area (Å²) in [6, 6.07) is 19.7. The minimum Gasteiger partial charge on any atom is -0.397 e. The number of rotatable bonds is 4. The van der Waals surface area contributed by atoms with Gasteiger partial charge in [-0.2, -0.15) is 5.26 Å². The van der Waals surface area contributed by atoms with Gasteiger partial charge in [-0.25, -0.2) is 0 Å². The van der Waals surface area contributed by atoms with Gasteiger partial charge in [-0.3, -0.25) is 0 Å². The summed E-state index contributed by atoms with van der Waals surface area (Å²) in [5.74, 6) is 0. The molecule has 24 heavy (non-hydrogen) atoms. The molecule has 1 heterocycles. The molecule has 0 amide bonds. The summed E-state index contributed by atoms with van der Waals surface area (Å²) in [5, 5.41) is 10.1.